The van der Waals surface area contributed by atoms with Crippen LogP contribution in [0.1, 0.15) is 77.1 Å². The second-order valence-electron chi connectivity index (χ2n) is 15.4. The first kappa shape index (κ1) is 41.1. The highest BCUT2D eigenvalue weighted by molar-refractivity contribution is 5.96. The molecule has 0 aromatic heterocycles. The molecule has 3 aromatic carbocycles. The van der Waals surface area contributed by atoms with Gasteiger partial charge in [0.25, 0.3) is 11.8 Å². The highest BCUT2D eigenvalue weighted by Crippen LogP contribution is 2.26. The molecule has 14 nitrogen and oxygen atoms in total. The van der Waals surface area contributed by atoms with Crippen LogP contribution in [0.25, 0.3) is 0 Å². The van der Waals surface area contributed by atoms with Crippen molar-refractivity contribution in [1.29, 1.82) is 0 Å². The smallest absolute Gasteiger partial charge is 0.410 e. The zero-order valence-corrected chi connectivity index (χ0v) is 32.7. The van der Waals surface area contributed by atoms with Crippen LogP contribution in [0.3, 0.4) is 0 Å². The third kappa shape index (κ3) is 11.1. The minimum absolute atomic E-state index is 0.0647. The van der Waals surface area contributed by atoms with Crippen LogP contribution >= 0.6 is 0 Å². The number of carbonyl (C=O) groups is 5. The molecule has 0 bridgehead atoms. The molecule has 3 aromatic rings. The van der Waals surface area contributed by atoms with Crippen molar-refractivity contribution in [2.45, 2.75) is 64.4 Å². The fourth-order valence-electron chi connectivity index (χ4n) is 7.06. The Morgan fingerprint density at radius 1 is 0.842 bits per heavy atom. The number of nitrogens with one attached hydrogen (secondary N) is 2. The van der Waals surface area contributed by atoms with Crippen molar-refractivity contribution in [3.05, 3.63) is 106 Å². The van der Waals surface area contributed by atoms with Crippen LogP contribution in [-0.4, -0.2) is 120 Å². The minimum atomic E-state index is -0.785. The molecule has 57 heavy (non-hydrogen) atoms. The van der Waals surface area contributed by atoms with Crippen molar-refractivity contribution in [2.24, 2.45) is 0 Å². The van der Waals surface area contributed by atoms with E-state index in [0.29, 0.717) is 43.5 Å². The topological polar surface area (TPSA) is 150 Å². The average Bonchev–Trinajstić information content (AvgIpc) is 3.21. The number of ether oxygens (including phenoxy) is 3. The molecule has 3 aliphatic rings. The summed E-state index contributed by atoms with van der Waals surface area (Å²) in [5.41, 5.74) is 7.82. The van der Waals surface area contributed by atoms with Gasteiger partial charge in [-0.15, -0.1) is 0 Å². The van der Waals surface area contributed by atoms with Gasteiger partial charge in [-0.25, -0.2) is 19.4 Å². The van der Waals surface area contributed by atoms with Gasteiger partial charge in [0.1, 0.15) is 24.6 Å². The quantitative estimate of drug-likeness (QED) is 0.282. The van der Waals surface area contributed by atoms with E-state index in [1.807, 2.05) is 42.5 Å². The van der Waals surface area contributed by atoms with Gasteiger partial charge < -0.3 is 28.9 Å². The van der Waals surface area contributed by atoms with Gasteiger partial charge in [-0.3, -0.25) is 24.7 Å². The highest BCUT2D eigenvalue weighted by Gasteiger charge is 2.31. The fraction of sp³-hybridized carbons (Fsp3) is 0.452. The van der Waals surface area contributed by atoms with E-state index in [1.165, 1.54) is 15.9 Å². The van der Waals surface area contributed by atoms with E-state index >= 15 is 4.39 Å². The predicted molar refractivity (Wildman–Crippen MR) is 207 cm³/mol. The molecule has 1 atom stereocenters. The Morgan fingerprint density at radius 2 is 1.53 bits per heavy atom. The molecule has 3 heterocycles. The summed E-state index contributed by atoms with van der Waals surface area (Å²) in [5, 5.41) is 0. The van der Waals surface area contributed by atoms with Crippen LogP contribution in [0.15, 0.2) is 72.8 Å². The van der Waals surface area contributed by atoms with Crippen LogP contribution in [0.5, 0.6) is 0 Å². The van der Waals surface area contributed by atoms with Gasteiger partial charge in [-0.05, 0) is 74.9 Å². The van der Waals surface area contributed by atoms with Crippen molar-refractivity contribution < 1.29 is 42.6 Å². The number of hydrogen-bond acceptors (Lipinski definition) is 9. The first-order valence-corrected chi connectivity index (χ1v) is 19.4. The number of amides is 5. The summed E-state index contributed by atoms with van der Waals surface area (Å²) in [5.74, 6) is -1.66. The number of piperidine rings is 1. The lowest BCUT2D eigenvalue weighted by Gasteiger charge is -2.36. The third-order valence-corrected chi connectivity index (χ3v) is 10.2. The molecule has 2 N–H and O–H groups in total. The summed E-state index contributed by atoms with van der Waals surface area (Å²) in [6, 6.07) is 20.9. The fourth-order valence-corrected chi connectivity index (χ4v) is 7.06. The molecule has 304 valence electrons. The molecule has 0 saturated carbocycles. The molecule has 1 unspecified atom stereocenters. The monoisotopic (exact) mass is 786 g/mol. The Morgan fingerprint density at radius 3 is 2.25 bits per heavy atom. The number of hydrogen-bond donors (Lipinski definition) is 2. The van der Waals surface area contributed by atoms with Crippen molar-refractivity contribution in [3.8, 4) is 0 Å². The first-order chi connectivity index (χ1) is 27.3. The minimum Gasteiger partial charge on any atom is -0.445 e. The third-order valence-electron chi connectivity index (χ3n) is 10.2. The van der Waals surface area contributed by atoms with E-state index in [-0.39, 0.29) is 88.1 Å². The maximum absolute atomic E-state index is 15.1. The van der Waals surface area contributed by atoms with E-state index in [2.05, 4.69) is 10.9 Å². The van der Waals surface area contributed by atoms with E-state index in [9.17, 15) is 24.0 Å². The summed E-state index contributed by atoms with van der Waals surface area (Å²) in [6.45, 7) is 7.24. The van der Waals surface area contributed by atoms with Crippen molar-refractivity contribution in [3.63, 3.8) is 0 Å². The van der Waals surface area contributed by atoms with Crippen LogP contribution in [0, 0.1) is 5.82 Å². The molecule has 0 radical (unpaired) electrons. The number of hydrazine groups is 1. The van der Waals surface area contributed by atoms with Crippen LogP contribution in [0.4, 0.5) is 14.0 Å². The van der Waals surface area contributed by atoms with E-state index < -0.39 is 23.4 Å². The molecular weight excluding hydrogens is 735 g/mol. The largest absolute Gasteiger partial charge is 0.445 e. The number of benzene rings is 3. The van der Waals surface area contributed by atoms with E-state index in [1.54, 1.807) is 54.8 Å². The number of likely N-dealkylation sites (tertiary alicyclic amines) is 1. The summed E-state index contributed by atoms with van der Waals surface area (Å²) < 4.78 is 32.2. The Kier molecular flexibility index (Phi) is 13.4. The molecule has 15 heteroatoms. The molecule has 2 fully saturated rings. The van der Waals surface area contributed by atoms with Gasteiger partial charge in [-0.1, -0.05) is 54.6 Å². The Balaban J connectivity index is 0.976. The van der Waals surface area contributed by atoms with Crippen molar-refractivity contribution in [2.75, 3.05) is 59.0 Å². The zero-order valence-electron chi connectivity index (χ0n) is 32.7. The number of nitrogens with zero attached hydrogens (tertiary/aromatic N) is 4. The van der Waals surface area contributed by atoms with Gasteiger partial charge >= 0.3 is 12.2 Å². The average molecular weight is 787 g/mol. The standard InChI is InChI=1S/C42H51FN6O8/c1-42(2,3)57-41(54)49(23-24-55-31-15-17-48(18-16-31)40(53)56-28-29-9-5-4-6-10-29)27-37(50)46-19-21-47(22-20-46)39(52)34-25-30(13-14-35(34)43)26-36-32-11-7-8-12-33(32)38(51)45-44-36/h4-14,25,31,36,44H,15-24,26-28H2,1-3H3,(H,45,51). The van der Waals surface area contributed by atoms with Gasteiger partial charge in [-0.2, -0.15) is 0 Å². The second kappa shape index (κ2) is 18.6. The van der Waals surface area contributed by atoms with Crippen molar-refractivity contribution in [1.82, 2.24) is 30.5 Å². The molecule has 0 aliphatic carbocycles. The van der Waals surface area contributed by atoms with Gasteiger partial charge in [0.2, 0.25) is 5.91 Å². The zero-order chi connectivity index (χ0) is 40.5. The molecule has 2 saturated heterocycles. The molecular formula is C42H51FN6O8. The van der Waals surface area contributed by atoms with Gasteiger partial charge in [0.15, 0.2) is 0 Å². The Hall–Kier alpha value is -5.54. The second-order valence-corrected chi connectivity index (χ2v) is 15.4. The van der Waals surface area contributed by atoms with Crippen LogP contribution < -0.4 is 10.9 Å². The normalized spacial score (nSPS) is 17.4. The number of rotatable bonds is 11. The van der Waals surface area contributed by atoms with Crippen molar-refractivity contribution >= 4 is 29.9 Å². The number of carbonyl (C=O) groups excluding carboxylic acids is 5. The summed E-state index contributed by atoms with van der Waals surface area (Å²) in [4.78, 5) is 71.2. The van der Waals surface area contributed by atoms with Crippen LogP contribution in [0.2, 0.25) is 0 Å². The number of piperazine rings is 1. The first-order valence-electron chi connectivity index (χ1n) is 19.4. The number of halogens is 1. The SMILES string of the molecule is CC(C)(C)OC(=O)N(CCOC1CCN(C(=O)OCc2ccccc2)CC1)CC(=O)N1CCN(C(=O)c2cc(CC3NNC(=O)c4ccccc43)ccc2F)CC1. The Bertz CT molecular complexity index is 1910. The van der Waals surface area contributed by atoms with E-state index in [0.717, 1.165) is 11.1 Å². The molecule has 3 aliphatic heterocycles. The lowest BCUT2D eigenvalue weighted by molar-refractivity contribution is -0.134. The van der Waals surface area contributed by atoms with Gasteiger partial charge in [0.05, 0.1) is 24.3 Å². The molecule has 6 rings (SSSR count). The lowest BCUT2D eigenvalue weighted by atomic mass is 9.93. The Labute approximate surface area is 332 Å². The van der Waals surface area contributed by atoms with Gasteiger partial charge in [0, 0.05) is 51.4 Å². The predicted octanol–water partition coefficient (Wildman–Crippen LogP) is 4.70. The summed E-state index contributed by atoms with van der Waals surface area (Å²) >= 11 is 0. The summed E-state index contributed by atoms with van der Waals surface area (Å²) in [6.07, 6.45) is 0.480. The maximum Gasteiger partial charge on any atom is 0.410 e. The summed E-state index contributed by atoms with van der Waals surface area (Å²) in [7, 11) is 0. The van der Waals surface area contributed by atoms with E-state index in [4.69, 9.17) is 14.2 Å². The maximum atomic E-state index is 15.1. The van der Waals surface area contributed by atoms with Crippen LogP contribution in [-0.2, 0) is 32.0 Å². The lowest BCUT2D eigenvalue weighted by Crippen LogP contribution is -2.53. The molecule has 5 amide bonds. The molecule has 0 spiro atoms. The highest BCUT2D eigenvalue weighted by atomic mass is 19.1. The number of fused-ring (bicyclic) bond motifs is 1.